The maximum Gasteiger partial charge on any atom is 0.142 e. The zero-order chi connectivity index (χ0) is 12.5. The van der Waals surface area contributed by atoms with E-state index in [-0.39, 0.29) is 6.67 Å². The van der Waals surface area contributed by atoms with Gasteiger partial charge in [-0.15, -0.1) is 0 Å². The van der Waals surface area contributed by atoms with Crippen LogP contribution in [0.3, 0.4) is 0 Å². The summed E-state index contributed by atoms with van der Waals surface area (Å²) in [4.78, 5) is 2.13. The molecule has 0 fully saturated rings. The van der Waals surface area contributed by atoms with Crippen LogP contribution in [-0.4, -0.2) is 33.4 Å². The van der Waals surface area contributed by atoms with Gasteiger partial charge in [-0.2, -0.15) is 0 Å². The molecule has 0 atom stereocenters. The predicted molar refractivity (Wildman–Crippen MR) is 69.5 cm³/mol. The lowest BCUT2D eigenvalue weighted by Gasteiger charge is -2.26. The van der Waals surface area contributed by atoms with Crippen LogP contribution in [0, 0.1) is 0 Å². The summed E-state index contributed by atoms with van der Waals surface area (Å²) in [6.07, 6.45) is 1.42. The van der Waals surface area contributed by atoms with E-state index in [4.69, 9.17) is 10.5 Å². The molecule has 0 heterocycles. The molecule has 0 radical (unpaired) electrons. The van der Waals surface area contributed by atoms with E-state index in [1.807, 2.05) is 24.3 Å². The van der Waals surface area contributed by atoms with E-state index in [1.54, 1.807) is 7.11 Å². The summed E-state index contributed by atoms with van der Waals surface area (Å²) in [6, 6.07) is 7.80. The van der Waals surface area contributed by atoms with Gasteiger partial charge in [0, 0.05) is 13.1 Å². The molecule has 3 nitrogen and oxygen atoms in total. The second kappa shape index (κ2) is 7.90. The quantitative estimate of drug-likeness (QED) is 0.757. The minimum Gasteiger partial charge on any atom is -0.495 e. The maximum absolute atomic E-state index is 12.3. The van der Waals surface area contributed by atoms with Crippen molar-refractivity contribution in [1.82, 2.24) is 0 Å². The fourth-order valence-corrected chi connectivity index (χ4v) is 1.78. The first-order valence-electron chi connectivity index (χ1n) is 5.97. The number of para-hydroxylation sites is 2. The monoisotopic (exact) mass is 240 g/mol. The van der Waals surface area contributed by atoms with Crippen molar-refractivity contribution >= 4 is 5.69 Å². The minimum absolute atomic E-state index is 0.297. The smallest absolute Gasteiger partial charge is 0.142 e. The Morgan fingerprint density at radius 2 is 1.94 bits per heavy atom. The molecule has 4 heteroatoms. The van der Waals surface area contributed by atoms with E-state index in [1.165, 1.54) is 0 Å². The molecule has 2 N–H and O–H groups in total. The fraction of sp³-hybridized carbons (Fsp3) is 0.538. The Morgan fingerprint density at radius 3 is 2.59 bits per heavy atom. The number of rotatable bonds is 8. The Bertz CT molecular complexity index is 312. The van der Waals surface area contributed by atoms with Crippen molar-refractivity contribution in [3.05, 3.63) is 24.3 Å². The third-order valence-corrected chi connectivity index (χ3v) is 2.62. The summed E-state index contributed by atoms with van der Waals surface area (Å²) < 4.78 is 17.6. The van der Waals surface area contributed by atoms with Gasteiger partial charge in [0.05, 0.1) is 19.5 Å². The first-order chi connectivity index (χ1) is 8.33. The highest BCUT2D eigenvalue weighted by molar-refractivity contribution is 5.58. The summed E-state index contributed by atoms with van der Waals surface area (Å²) in [5.41, 5.74) is 6.53. The first-order valence-corrected chi connectivity index (χ1v) is 5.97. The van der Waals surface area contributed by atoms with Crippen LogP contribution in [0.2, 0.25) is 0 Å². The lowest BCUT2D eigenvalue weighted by molar-refractivity contribution is 0.413. The van der Waals surface area contributed by atoms with Gasteiger partial charge in [-0.1, -0.05) is 12.1 Å². The number of alkyl halides is 1. The van der Waals surface area contributed by atoms with E-state index < -0.39 is 0 Å². The molecule has 1 aromatic rings. The SMILES string of the molecule is COc1ccccc1N(CCCN)CCCF. The van der Waals surface area contributed by atoms with Gasteiger partial charge in [0.15, 0.2) is 0 Å². The zero-order valence-corrected chi connectivity index (χ0v) is 10.4. The van der Waals surface area contributed by atoms with Crippen LogP contribution >= 0.6 is 0 Å². The van der Waals surface area contributed by atoms with E-state index in [0.717, 1.165) is 24.4 Å². The second-order valence-corrected chi connectivity index (χ2v) is 3.84. The van der Waals surface area contributed by atoms with Crippen molar-refractivity contribution in [1.29, 1.82) is 0 Å². The molecule has 1 aromatic carbocycles. The predicted octanol–water partition coefficient (Wildman–Crippen LogP) is 2.21. The topological polar surface area (TPSA) is 38.5 Å². The third kappa shape index (κ3) is 4.23. The second-order valence-electron chi connectivity index (χ2n) is 3.84. The van der Waals surface area contributed by atoms with Crippen LogP contribution in [0.1, 0.15) is 12.8 Å². The van der Waals surface area contributed by atoms with Gasteiger partial charge >= 0.3 is 0 Å². The molecule has 0 aliphatic rings. The molecule has 0 aliphatic carbocycles. The number of hydrogen-bond acceptors (Lipinski definition) is 3. The number of nitrogens with two attached hydrogens (primary N) is 1. The number of benzene rings is 1. The molecule has 0 amide bonds. The van der Waals surface area contributed by atoms with Crippen LogP contribution < -0.4 is 15.4 Å². The summed E-state index contributed by atoms with van der Waals surface area (Å²) in [5, 5.41) is 0. The number of methoxy groups -OCH3 is 1. The minimum atomic E-state index is -0.297. The highest BCUT2D eigenvalue weighted by atomic mass is 19.1. The summed E-state index contributed by atoms with van der Waals surface area (Å²) in [7, 11) is 1.65. The molecule has 17 heavy (non-hydrogen) atoms. The normalized spacial score (nSPS) is 10.3. The van der Waals surface area contributed by atoms with E-state index in [9.17, 15) is 4.39 Å². The van der Waals surface area contributed by atoms with E-state index in [2.05, 4.69) is 4.90 Å². The Hall–Kier alpha value is -1.29. The Morgan fingerprint density at radius 1 is 1.24 bits per heavy atom. The molecule has 0 spiro atoms. The average molecular weight is 240 g/mol. The van der Waals surface area contributed by atoms with Crippen LogP contribution in [0.25, 0.3) is 0 Å². The Labute approximate surface area is 102 Å². The van der Waals surface area contributed by atoms with E-state index in [0.29, 0.717) is 19.5 Å². The number of anilines is 1. The molecule has 0 bridgehead atoms. The van der Waals surface area contributed by atoms with Crippen molar-refractivity contribution in [3.63, 3.8) is 0 Å². The number of hydrogen-bond donors (Lipinski definition) is 1. The largest absolute Gasteiger partial charge is 0.495 e. The van der Waals surface area contributed by atoms with Gasteiger partial charge in [-0.05, 0) is 31.5 Å². The highest BCUT2D eigenvalue weighted by Crippen LogP contribution is 2.27. The van der Waals surface area contributed by atoms with Crippen LogP contribution in [0.5, 0.6) is 5.75 Å². The molecule has 0 aliphatic heterocycles. The molecule has 0 unspecified atom stereocenters. The van der Waals surface area contributed by atoms with Crippen molar-refractivity contribution in [2.45, 2.75) is 12.8 Å². The Balaban J connectivity index is 2.78. The lowest BCUT2D eigenvalue weighted by atomic mass is 10.2. The van der Waals surface area contributed by atoms with Crippen molar-refractivity contribution < 1.29 is 9.13 Å². The summed E-state index contributed by atoms with van der Waals surface area (Å²) in [6.45, 7) is 1.86. The van der Waals surface area contributed by atoms with Gasteiger partial charge < -0.3 is 15.4 Å². The summed E-state index contributed by atoms with van der Waals surface area (Å²) >= 11 is 0. The summed E-state index contributed by atoms with van der Waals surface area (Å²) in [5.74, 6) is 0.823. The first kappa shape index (κ1) is 13.8. The molecular formula is C13H21FN2O. The standard InChI is InChI=1S/C13H21FN2O/c1-17-13-7-3-2-6-12(13)16(10-4-8-14)11-5-9-15/h2-3,6-7H,4-5,8-11,15H2,1H3. The van der Waals surface area contributed by atoms with Crippen molar-refractivity contribution in [2.24, 2.45) is 5.73 Å². The fourth-order valence-electron chi connectivity index (χ4n) is 1.78. The average Bonchev–Trinajstić information content (AvgIpc) is 2.39. The highest BCUT2D eigenvalue weighted by Gasteiger charge is 2.10. The maximum atomic E-state index is 12.3. The molecule has 1 rings (SSSR count). The molecule has 0 aromatic heterocycles. The van der Waals surface area contributed by atoms with Crippen LogP contribution in [0.4, 0.5) is 10.1 Å². The number of nitrogens with zero attached hydrogens (tertiary/aromatic N) is 1. The third-order valence-electron chi connectivity index (χ3n) is 2.62. The van der Waals surface area contributed by atoms with Gasteiger partial charge in [0.25, 0.3) is 0 Å². The molecule has 96 valence electrons. The van der Waals surface area contributed by atoms with Gasteiger partial charge in [0.2, 0.25) is 0 Å². The van der Waals surface area contributed by atoms with Crippen molar-refractivity contribution in [2.75, 3.05) is 38.3 Å². The van der Waals surface area contributed by atoms with Crippen LogP contribution in [-0.2, 0) is 0 Å². The lowest BCUT2D eigenvalue weighted by Crippen LogP contribution is -2.28. The van der Waals surface area contributed by atoms with Gasteiger partial charge in [-0.25, -0.2) is 0 Å². The van der Waals surface area contributed by atoms with E-state index >= 15 is 0 Å². The Kier molecular flexibility index (Phi) is 6.40. The number of halogens is 1. The molecule has 0 saturated heterocycles. The van der Waals surface area contributed by atoms with Gasteiger partial charge in [-0.3, -0.25) is 4.39 Å². The van der Waals surface area contributed by atoms with Crippen molar-refractivity contribution in [3.8, 4) is 5.75 Å². The molecule has 0 saturated carbocycles. The van der Waals surface area contributed by atoms with Gasteiger partial charge in [0.1, 0.15) is 5.75 Å². The zero-order valence-electron chi connectivity index (χ0n) is 10.4. The van der Waals surface area contributed by atoms with Crippen LogP contribution in [0.15, 0.2) is 24.3 Å². The number of ether oxygens (including phenoxy) is 1. The molecular weight excluding hydrogens is 219 g/mol.